The number of methoxy groups -OCH3 is 1. The van der Waals surface area contributed by atoms with Gasteiger partial charge in [0.25, 0.3) is 5.78 Å². The topological polar surface area (TPSA) is 97.7 Å². The Morgan fingerprint density at radius 1 is 1.15 bits per heavy atom. The van der Waals surface area contributed by atoms with E-state index in [4.69, 9.17) is 9.26 Å². The molecule has 0 saturated carbocycles. The highest BCUT2D eigenvalue weighted by Crippen LogP contribution is 2.23. The largest absolute Gasteiger partial charge is 0.377 e. The number of piperazine rings is 1. The molecule has 10 heteroatoms. The zero-order valence-corrected chi connectivity index (χ0v) is 15.2. The maximum absolute atomic E-state index is 5.29. The molecule has 138 valence electrons. The molecular weight excluding hydrogens is 336 g/mol. The fraction of sp³-hybridized carbons (Fsp3) is 0.562. The van der Waals surface area contributed by atoms with Crippen LogP contribution in [0.4, 0.5) is 5.82 Å². The van der Waals surface area contributed by atoms with E-state index < -0.39 is 0 Å². The van der Waals surface area contributed by atoms with Gasteiger partial charge in [-0.25, -0.2) is 4.98 Å². The zero-order chi connectivity index (χ0) is 18.1. The molecule has 0 aliphatic carbocycles. The summed E-state index contributed by atoms with van der Waals surface area (Å²) in [6.45, 7) is 8.69. The van der Waals surface area contributed by atoms with Gasteiger partial charge < -0.3 is 14.2 Å². The molecule has 4 heterocycles. The average Bonchev–Trinajstić information content (AvgIpc) is 3.27. The van der Waals surface area contributed by atoms with Crippen LogP contribution in [0.3, 0.4) is 0 Å². The highest BCUT2D eigenvalue weighted by molar-refractivity contribution is 5.54. The lowest BCUT2D eigenvalue weighted by Crippen LogP contribution is -2.47. The van der Waals surface area contributed by atoms with Crippen LogP contribution in [0.25, 0.3) is 5.78 Å². The van der Waals surface area contributed by atoms with Crippen molar-refractivity contribution < 1.29 is 9.26 Å². The highest BCUT2D eigenvalue weighted by Gasteiger charge is 2.23. The molecule has 0 radical (unpaired) electrons. The van der Waals surface area contributed by atoms with Gasteiger partial charge in [-0.1, -0.05) is 5.16 Å². The van der Waals surface area contributed by atoms with Crippen molar-refractivity contribution in [2.45, 2.75) is 27.0 Å². The first-order chi connectivity index (χ1) is 12.7. The molecule has 3 aromatic rings. The molecule has 0 amide bonds. The van der Waals surface area contributed by atoms with E-state index in [9.17, 15) is 0 Å². The van der Waals surface area contributed by atoms with Crippen molar-refractivity contribution >= 4 is 11.6 Å². The molecule has 1 saturated heterocycles. The van der Waals surface area contributed by atoms with Gasteiger partial charge in [-0.05, 0) is 13.8 Å². The van der Waals surface area contributed by atoms with E-state index in [0.29, 0.717) is 30.6 Å². The van der Waals surface area contributed by atoms with Gasteiger partial charge in [0.2, 0.25) is 5.89 Å². The Hall–Kier alpha value is -2.59. The molecule has 0 aromatic carbocycles. The quantitative estimate of drug-likeness (QED) is 0.649. The van der Waals surface area contributed by atoms with Crippen LogP contribution in [-0.2, 0) is 17.9 Å². The number of aromatic nitrogens is 6. The van der Waals surface area contributed by atoms with Crippen molar-refractivity contribution in [2.75, 3.05) is 38.2 Å². The molecule has 26 heavy (non-hydrogen) atoms. The third-order valence-electron chi connectivity index (χ3n) is 4.69. The molecule has 0 unspecified atom stereocenters. The Bertz CT molecular complexity index is 897. The second-order valence-electron chi connectivity index (χ2n) is 6.42. The van der Waals surface area contributed by atoms with Gasteiger partial charge in [-0.3, -0.25) is 4.90 Å². The van der Waals surface area contributed by atoms with Crippen molar-refractivity contribution in [2.24, 2.45) is 0 Å². The summed E-state index contributed by atoms with van der Waals surface area (Å²) < 4.78 is 12.1. The molecule has 0 N–H and O–H groups in total. The van der Waals surface area contributed by atoms with Crippen molar-refractivity contribution in [3.05, 3.63) is 29.3 Å². The van der Waals surface area contributed by atoms with Crippen LogP contribution in [0.5, 0.6) is 0 Å². The first-order valence-corrected chi connectivity index (χ1v) is 8.60. The Morgan fingerprint density at radius 3 is 2.73 bits per heavy atom. The van der Waals surface area contributed by atoms with Crippen molar-refractivity contribution in [3.8, 4) is 0 Å². The standard InChI is InChI=1S/C16H22N8O2/c1-11-12(2)19-16-17-10-18-24(16)15(11)23-6-4-22(5-7-23)8-14-20-13(9-25-3)21-26-14/h10H,4-9H2,1-3H3. The smallest absolute Gasteiger partial charge is 0.254 e. The van der Waals surface area contributed by atoms with Crippen LogP contribution in [0.1, 0.15) is 23.0 Å². The van der Waals surface area contributed by atoms with Crippen molar-refractivity contribution in [3.63, 3.8) is 0 Å². The highest BCUT2D eigenvalue weighted by atomic mass is 16.5. The maximum Gasteiger partial charge on any atom is 0.254 e. The molecular formula is C16H22N8O2. The first-order valence-electron chi connectivity index (χ1n) is 8.60. The van der Waals surface area contributed by atoms with Crippen LogP contribution < -0.4 is 4.90 Å². The third-order valence-corrected chi connectivity index (χ3v) is 4.69. The molecule has 10 nitrogen and oxygen atoms in total. The summed E-state index contributed by atoms with van der Waals surface area (Å²) in [7, 11) is 1.62. The average molecular weight is 358 g/mol. The summed E-state index contributed by atoms with van der Waals surface area (Å²) in [4.78, 5) is 17.7. The predicted molar refractivity (Wildman–Crippen MR) is 92.8 cm³/mol. The van der Waals surface area contributed by atoms with Gasteiger partial charge in [0.1, 0.15) is 18.8 Å². The Kier molecular flexibility index (Phi) is 4.51. The van der Waals surface area contributed by atoms with Crippen molar-refractivity contribution in [1.82, 2.24) is 34.6 Å². The minimum atomic E-state index is 0.367. The maximum atomic E-state index is 5.29. The van der Waals surface area contributed by atoms with Gasteiger partial charge in [0, 0.05) is 44.5 Å². The predicted octanol–water partition coefficient (Wildman–Crippen LogP) is 0.593. The van der Waals surface area contributed by atoms with E-state index in [1.54, 1.807) is 13.4 Å². The van der Waals surface area contributed by atoms with Gasteiger partial charge in [-0.15, -0.1) is 0 Å². The van der Waals surface area contributed by atoms with Crippen molar-refractivity contribution in [1.29, 1.82) is 0 Å². The second kappa shape index (κ2) is 6.96. The van der Waals surface area contributed by atoms with Gasteiger partial charge >= 0.3 is 0 Å². The van der Waals surface area contributed by atoms with Gasteiger partial charge in [0.05, 0.1) is 6.54 Å². The van der Waals surface area contributed by atoms with Crippen LogP contribution in [0, 0.1) is 13.8 Å². The first kappa shape index (κ1) is 16.9. The number of anilines is 1. The normalized spacial score (nSPS) is 15.9. The van der Waals surface area contributed by atoms with Crippen LogP contribution >= 0.6 is 0 Å². The monoisotopic (exact) mass is 358 g/mol. The summed E-state index contributed by atoms with van der Waals surface area (Å²) in [5.41, 5.74) is 2.12. The van der Waals surface area contributed by atoms with Crippen LogP contribution in [-0.4, -0.2) is 67.9 Å². The lowest BCUT2D eigenvalue weighted by Gasteiger charge is -2.36. The number of rotatable bonds is 5. The molecule has 4 rings (SSSR count). The van der Waals surface area contributed by atoms with E-state index in [-0.39, 0.29) is 0 Å². The fourth-order valence-electron chi connectivity index (χ4n) is 3.24. The molecule has 0 spiro atoms. The summed E-state index contributed by atoms with van der Waals surface area (Å²) in [5.74, 6) is 2.92. The lowest BCUT2D eigenvalue weighted by molar-refractivity contribution is 0.174. The molecule has 3 aromatic heterocycles. The van der Waals surface area contributed by atoms with Gasteiger partial charge in [-0.2, -0.15) is 19.6 Å². The Morgan fingerprint density at radius 2 is 1.96 bits per heavy atom. The second-order valence-corrected chi connectivity index (χ2v) is 6.42. The number of ether oxygens (including phenoxy) is 1. The number of aryl methyl sites for hydroxylation is 1. The van der Waals surface area contributed by atoms with E-state index in [1.165, 1.54) is 0 Å². The number of hydrogen-bond donors (Lipinski definition) is 0. The van der Waals surface area contributed by atoms with E-state index >= 15 is 0 Å². The summed E-state index contributed by atoms with van der Waals surface area (Å²) in [6.07, 6.45) is 1.55. The summed E-state index contributed by atoms with van der Waals surface area (Å²) >= 11 is 0. The van der Waals surface area contributed by atoms with E-state index in [0.717, 1.165) is 43.3 Å². The Labute approximate surface area is 150 Å². The number of hydrogen-bond acceptors (Lipinski definition) is 9. The lowest BCUT2D eigenvalue weighted by atomic mass is 10.2. The molecule has 1 aliphatic heterocycles. The third kappa shape index (κ3) is 3.13. The van der Waals surface area contributed by atoms with Crippen LogP contribution in [0.15, 0.2) is 10.9 Å². The van der Waals surface area contributed by atoms with Gasteiger partial charge in [0.15, 0.2) is 5.82 Å². The minimum absolute atomic E-state index is 0.367. The molecule has 0 bridgehead atoms. The van der Waals surface area contributed by atoms with E-state index in [1.807, 2.05) is 11.4 Å². The summed E-state index contributed by atoms with van der Waals surface area (Å²) in [6, 6.07) is 0. The van der Waals surface area contributed by atoms with E-state index in [2.05, 4.69) is 41.9 Å². The zero-order valence-electron chi connectivity index (χ0n) is 15.2. The SMILES string of the molecule is COCc1noc(CN2CCN(c3c(C)c(C)nc4ncnn34)CC2)n1. The fourth-order valence-corrected chi connectivity index (χ4v) is 3.24. The molecule has 1 fully saturated rings. The molecule has 0 atom stereocenters. The summed E-state index contributed by atoms with van der Waals surface area (Å²) in [5, 5.41) is 8.26. The number of fused-ring (bicyclic) bond motifs is 1. The minimum Gasteiger partial charge on any atom is -0.377 e. The van der Waals surface area contributed by atoms with Crippen LogP contribution in [0.2, 0.25) is 0 Å². The Balaban J connectivity index is 1.45. The molecule has 1 aliphatic rings. The number of nitrogens with zero attached hydrogens (tertiary/aromatic N) is 8.